The quantitative estimate of drug-likeness (QED) is 0.0194. The van der Waals surface area contributed by atoms with Gasteiger partial charge in [0.25, 0.3) is 5.91 Å². The van der Waals surface area contributed by atoms with E-state index >= 15 is 0 Å². The van der Waals surface area contributed by atoms with Crippen LogP contribution in [0.4, 0.5) is 74.6 Å². The molecular weight excluding hydrogens is 853 g/mol. The second-order valence-corrected chi connectivity index (χ2v) is 18.9. The average Bonchev–Trinajstić information content (AvgIpc) is 3.11. The SMILES string of the molecule is CC(C)[Si](CCC(F)(F)C(F)(F)C(F)(F)C(F)(F)C(F)(F)C(F)(F)C(F)(F)C(F)(F)F)(OCCOc1ccc([C@H](O)[C@H](C)CC/C=C/C=C/C(=O)NO)cc1)C(C)C. The van der Waals surface area contributed by atoms with Crippen molar-refractivity contribution < 1.29 is 98.9 Å². The normalized spacial score (nSPS) is 15.8. The molecule has 1 rings (SSSR count). The number of ether oxygens (including phenoxy) is 1. The van der Waals surface area contributed by atoms with E-state index in [2.05, 4.69) is 0 Å². The molecule has 0 fully saturated rings. The summed E-state index contributed by atoms with van der Waals surface area (Å²) in [5.74, 6) is -57.5. The van der Waals surface area contributed by atoms with Crippen LogP contribution in [0.5, 0.6) is 5.75 Å². The molecular formula is C34H42F17NO5Si. The fraction of sp³-hybridized carbons (Fsp3) is 0.676. The third kappa shape index (κ3) is 10.6. The van der Waals surface area contributed by atoms with E-state index in [9.17, 15) is 84.5 Å². The van der Waals surface area contributed by atoms with Crippen molar-refractivity contribution in [2.75, 3.05) is 13.2 Å². The van der Waals surface area contributed by atoms with Crippen LogP contribution >= 0.6 is 0 Å². The van der Waals surface area contributed by atoms with Crippen molar-refractivity contribution in [1.82, 2.24) is 5.48 Å². The number of carbonyl (C=O) groups is 1. The minimum absolute atomic E-state index is 0.180. The number of hydrogen-bond donors (Lipinski definition) is 3. The lowest BCUT2D eigenvalue weighted by Gasteiger charge is -2.44. The highest BCUT2D eigenvalue weighted by molar-refractivity contribution is 6.76. The maximum absolute atomic E-state index is 14.9. The minimum Gasteiger partial charge on any atom is -0.491 e. The number of aliphatic hydroxyl groups excluding tert-OH is 1. The zero-order chi connectivity index (χ0) is 45.6. The number of carbonyl (C=O) groups excluding carboxylic acids is 1. The van der Waals surface area contributed by atoms with E-state index < -0.39 is 98.1 Å². The van der Waals surface area contributed by atoms with E-state index in [1.54, 1.807) is 19.1 Å². The molecule has 0 heterocycles. The van der Waals surface area contributed by atoms with Crippen LogP contribution in [0, 0.1) is 5.92 Å². The number of halogens is 17. The van der Waals surface area contributed by atoms with E-state index in [0.29, 0.717) is 18.4 Å². The van der Waals surface area contributed by atoms with E-state index in [0.717, 1.165) is 6.08 Å². The van der Waals surface area contributed by atoms with Gasteiger partial charge in [-0.05, 0) is 53.6 Å². The van der Waals surface area contributed by atoms with Gasteiger partial charge in [-0.15, -0.1) is 0 Å². The van der Waals surface area contributed by atoms with E-state index in [1.165, 1.54) is 63.5 Å². The number of allylic oxidation sites excluding steroid dienone is 3. The predicted octanol–water partition coefficient (Wildman–Crippen LogP) is 11.3. The van der Waals surface area contributed by atoms with Crippen LogP contribution in [0.15, 0.2) is 48.6 Å². The Kier molecular flexibility index (Phi) is 17.4. The van der Waals surface area contributed by atoms with Crippen molar-refractivity contribution in [3.8, 4) is 5.75 Å². The van der Waals surface area contributed by atoms with Gasteiger partial charge < -0.3 is 14.3 Å². The van der Waals surface area contributed by atoms with Crippen LogP contribution in [-0.2, 0) is 9.22 Å². The van der Waals surface area contributed by atoms with Crippen LogP contribution in [-0.4, -0.2) is 85.4 Å². The Bertz CT molecular complexity index is 1530. The summed E-state index contributed by atoms with van der Waals surface area (Å²) in [7, 11) is -3.94. The van der Waals surface area contributed by atoms with Gasteiger partial charge in [-0.25, -0.2) is 5.48 Å². The highest BCUT2D eigenvalue weighted by Gasteiger charge is 2.95. The lowest BCUT2D eigenvalue weighted by atomic mass is 9.88. The molecule has 58 heavy (non-hydrogen) atoms. The van der Waals surface area contributed by atoms with Gasteiger partial charge in [0.15, 0.2) is 8.32 Å². The summed E-state index contributed by atoms with van der Waals surface area (Å²) >= 11 is 0. The molecule has 0 spiro atoms. The standard InChI is InChI=1S/C34H42F17NO5Si/c1-20(2)58(21(3)4,57-18-17-56-24-14-12-23(13-15-24)26(54)22(5)10-8-6-7-9-11-25(53)52-55)19-16-27(35,36)28(37,38)29(39,40)30(41,42)31(43,44)32(45,46)33(47,48)34(49,50)51/h6-7,9,11-15,20-22,26,54-55H,8,10,16-19H2,1-5H3,(H,52,53)/b7-6+,11-9+/t22-,26-/m1/s1. The van der Waals surface area contributed by atoms with E-state index in [1.807, 2.05) is 0 Å². The second-order valence-electron chi connectivity index (χ2n) is 13.9. The Morgan fingerprint density at radius 2 is 1.17 bits per heavy atom. The molecule has 0 aromatic heterocycles. The summed E-state index contributed by atoms with van der Waals surface area (Å²) < 4.78 is 245. The number of amides is 1. The Balaban J connectivity index is 3.12. The Hall–Kier alpha value is -3.12. The van der Waals surface area contributed by atoms with Crippen LogP contribution in [0.3, 0.4) is 0 Å². The fourth-order valence-electron chi connectivity index (χ4n) is 5.71. The third-order valence-electron chi connectivity index (χ3n) is 9.45. The lowest BCUT2D eigenvalue weighted by Crippen LogP contribution is -2.74. The Morgan fingerprint density at radius 3 is 1.62 bits per heavy atom. The summed E-state index contributed by atoms with van der Waals surface area (Å²) in [6, 6.07) is 4.57. The van der Waals surface area contributed by atoms with Crippen LogP contribution in [0.1, 0.15) is 65.5 Å². The topological polar surface area (TPSA) is 88.0 Å². The zero-order valence-electron chi connectivity index (χ0n) is 31.2. The van der Waals surface area contributed by atoms with Crippen molar-refractivity contribution in [3.63, 3.8) is 0 Å². The second kappa shape index (κ2) is 19.1. The first-order valence-corrected chi connectivity index (χ1v) is 19.4. The van der Waals surface area contributed by atoms with Crippen molar-refractivity contribution in [2.45, 2.75) is 125 Å². The molecule has 336 valence electrons. The summed E-state index contributed by atoms with van der Waals surface area (Å²) in [5.41, 5.74) is 0.187. The average molecular weight is 896 g/mol. The number of hydrogen-bond acceptors (Lipinski definition) is 5. The van der Waals surface area contributed by atoms with Gasteiger partial charge in [0.2, 0.25) is 0 Å². The number of aliphatic hydroxyl groups is 1. The molecule has 3 N–H and O–H groups in total. The molecule has 0 aliphatic heterocycles. The molecule has 0 saturated heterocycles. The molecule has 1 aromatic carbocycles. The van der Waals surface area contributed by atoms with Crippen molar-refractivity contribution in [1.29, 1.82) is 0 Å². The smallest absolute Gasteiger partial charge is 0.460 e. The molecule has 0 aliphatic carbocycles. The first-order valence-electron chi connectivity index (χ1n) is 17.1. The Morgan fingerprint density at radius 1 is 0.707 bits per heavy atom. The maximum Gasteiger partial charge on any atom is 0.460 e. The molecule has 0 saturated carbocycles. The zero-order valence-corrected chi connectivity index (χ0v) is 32.2. The molecule has 1 amide bonds. The number of alkyl halides is 17. The summed E-state index contributed by atoms with van der Waals surface area (Å²) in [4.78, 5) is 10.9. The molecule has 0 bridgehead atoms. The van der Waals surface area contributed by atoms with Gasteiger partial charge in [-0.3, -0.25) is 10.0 Å². The van der Waals surface area contributed by atoms with Gasteiger partial charge in [-0.1, -0.05) is 65.0 Å². The molecule has 0 aliphatic rings. The highest BCUT2D eigenvalue weighted by Crippen LogP contribution is 2.64. The number of hydroxylamine groups is 1. The van der Waals surface area contributed by atoms with Gasteiger partial charge in [0, 0.05) is 12.5 Å². The molecule has 2 atom stereocenters. The highest BCUT2D eigenvalue weighted by atomic mass is 28.4. The van der Waals surface area contributed by atoms with Crippen molar-refractivity contribution in [3.05, 3.63) is 54.1 Å². The third-order valence-corrected chi connectivity index (χ3v) is 15.1. The fourth-order valence-corrected chi connectivity index (χ4v) is 10.2. The van der Waals surface area contributed by atoms with Crippen LogP contribution in [0.25, 0.3) is 0 Å². The van der Waals surface area contributed by atoms with Crippen LogP contribution in [0.2, 0.25) is 17.1 Å². The first-order chi connectivity index (χ1) is 26.1. The molecule has 6 nitrogen and oxygen atoms in total. The van der Waals surface area contributed by atoms with Gasteiger partial charge >= 0.3 is 47.6 Å². The predicted molar refractivity (Wildman–Crippen MR) is 176 cm³/mol. The molecule has 0 unspecified atom stereocenters. The van der Waals surface area contributed by atoms with Crippen LogP contribution < -0.4 is 10.2 Å². The summed E-state index contributed by atoms with van der Waals surface area (Å²) in [6.45, 7) is 6.22. The molecule has 1 aromatic rings. The summed E-state index contributed by atoms with van der Waals surface area (Å²) in [5, 5.41) is 19.1. The first kappa shape index (κ1) is 52.9. The van der Waals surface area contributed by atoms with Gasteiger partial charge in [-0.2, -0.15) is 74.6 Å². The van der Waals surface area contributed by atoms with E-state index in [-0.39, 0.29) is 18.3 Å². The minimum atomic E-state index is -8.68. The number of nitrogens with one attached hydrogen (secondary N) is 1. The number of rotatable bonds is 23. The van der Waals surface area contributed by atoms with E-state index in [4.69, 9.17) is 14.4 Å². The molecule has 0 radical (unpaired) electrons. The Labute approximate surface area is 322 Å². The van der Waals surface area contributed by atoms with Crippen molar-refractivity contribution >= 4 is 14.2 Å². The number of benzene rings is 1. The monoisotopic (exact) mass is 895 g/mol. The van der Waals surface area contributed by atoms with Crippen molar-refractivity contribution in [2.24, 2.45) is 5.92 Å². The largest absolute Gasteiger partial charge is 0.491 e. The maximum atomic E-state index is 14.9. The lowest BCUT2D eigenvalue weighted by molar-refractivity contribution is -0.461. The molecule has 24 heteroatoms. The van der Waals surface area contributed by atoms with Gasteiger partial charge in [0.05, 0.1) is 12.7 Å². The summed E-state index contributed by atoms with van der Waals surface area (Å²) in [6.07, 6.45) is -4.51. The van der Waals surface area contributed by atoms with Gasteiger partial charge in [0.1, 0.15) is 12.4 Å².